The molecule has 0 bridgehead atoms. The van der Waals surface area contributed by atoms with Gasteiger partial charge in [0.1, 0.15) is 5.75 Å². The van der Waals surface area contributed by atoms with E-state index < -0.39 is 0 Å². The number of unbranched alkanes of at least 4 members (excludes halogenated alkanes) is 1. The topological polar surface area (TPSA) is 21.3 Å². The number of hydrogen-bond acceptors (Lipinski definition) is 2. The molecule has 1 N–H and O–H groups in total. The Morgan fingerprint density at radius 3 is 2.68 bits per heavy atom. The van der Waals surface area contributed by atoms with Crippen LogP contribution < -0.4 is 10.1 Å². The van der Waals surface area contributed by atoms with Gasteiger partial charge in [0.2, 0.25) is 0 Å². The first kappa shape index (κ1) is 16.0. The summed E-state index contributed by atoms with van der Waals surface area (Å²) < 4.78 is 5.84. The maximum absolute atomic E-state index is 5.84. The molecule has 1 atom stereocenters. The van der Waals surface area contributed by atoms with Gasteiger partial charge in [0.05, 0.1) is 6.61 Å². The Morgan fingerprint density at radius 2 is 2.00 bits per heavy atom. The molecule has 0 radical (unpaired) electrons. The highest BCUT2D eigenvalue weighted by molar-refractivity contribution is 5.27. The van der Waals surface area contributed by atoms with Crippen LogP contribution in [0.2, 0.25) is 0 Å². The highest BCUT2D eigenvalue weighted by Crippen LogP contribution is 2.13. The molecule has 0 aromatic heterocycles. The van der Waals surface area contributed by atoms with Crippen molar-refractivity contribution in [1.82, 2.24) is 5.32 Å². The van der Waals surface area contributed by atoms with Crippen molar-refractivity contribution in [3.8, 4) is 5.75 Å². The van der Waals surface area contributed by atoms with Crippen LogP contribution in [0.3, 0.4) is 0 Å². The molecule has 0 aliphatic rings. The van der Waals surface area contributed by atoms with E-state index in [1.54, 1.807) is 0 Å². The van der Waals surface area contributed by atoms with Crippen LogP contribution in [0.5, 0.6) is 5.75 Å². The molecule has 1 aromatic carbocycles. The average molecular weight is 263 g/mol. The summed E-state index contributed by atoms with van der Waals surface area (Å²) in [4.78, 5) is 0. The largest absolute Gasteiger partial charge is 0.494 e. The summed E-state index contributed by atoms with van der Waals surface area (Å²) >= 11 is 0. The Labute approximate surface area is 118 Å². The molecule has 1 rings (SSSR count). The van der Waals surface area contributed by atoms with E-state index in [0.717, 1.165) is 25.3 Å². The van der Waals surface area contributed by atoms with Gasteiger partial charge in [-0.25, -0.2) is 0 Å². The standard InChI is InChI=1S/C17H29NO/c1-4-6-9-16(18-12-5-2)11-13-19-17-10-7-8-15(3)14-17/h7-8,10,14,16,18H,4-6,9,11-13H2,1-3H3. The van der Waals surface area contributed by atoms with Gasteiger partial charge < -0.3 is 10.1 Å². The monoisotopic (exact) mass is 263 g/mol. The molecular formula is C17H29NO. The van der Waals surface area contributed by atoms with E-state index in [2.05, 4.69) is 44.3 Å². The Balaban J connectivity index is 2.29. The smallest absolute Gasteiger partial charge is 0.119 e. The summed E-state index contributed by atoms with van der Waals surface area (Å²) in [5.41, 5.74) is 1.25. The fraction of sp³-hybridized carbons (Fsp3) is 0.647. The van der Waals surface area contributed by atoms with Crippen molar-refractivity contribution in [1.29, 1.82) is 0 Å². The van der Waals surface area contributed by atoms with Crippen molar-refractivity contribution < 1.29 is 4.74 Å². The molecule has 0 saturated heterocycles. The molecule has 2 heteroatoms. The van der Waals surface area contributed by atoms with Crippen molar-refractivity contribution in [3.63, 3.8) is 0 Å². The van der Waals surface area contributed by atoms with Crippen LogP contribution >= 0.6 is 0 Å². The van der Waals surface area contributed by atoms with Crippen LogP contribution in [0.4, 0.5) is 0 Å². The highest BCUT2D eigenvalue weighted by Gasteiger charge is 2.07. The van der Waals surface area contributed by atoms with E-state index in [4.69, 9.17) is 4.74 Å². The first-order valence-electron chi connectivity index (χ1n) is 7.69. The molecule has 0 fully saturated rings. The maximum Gasteiger partial charge on any atom is 0.119 e. The first-order valence-corrected chi connectivity index (χ1v) is 7.69. The number of rotatable bonds is 10. The van der Waals surface area contributed by atoms with Crippen molar-refractivity contribution in [3.05, 3.63) is 29.8 Å². The van der Waals surface area contributed by atoms with Crippen molar-refractivity contribution in [2.24, 2.45) is 0 Å². The molecule has 2 nitrogen and oxygen atoms in total. The van der Waals surface area contributed by atoms with Crippen LogP contribution in [0.25, 0.3) is 0 Å². The molecular weight excluding hydrogens is 234 g/mol. The van der Waals surface area contributed by atoms with Gasteiger partial charge in [0, 0.05) is 6.04 Å². The van der Waals surface area contributed by atoms with Crippen molar-refractivity contribution in [2.75, 3.05) is 13.2 Å². The number of ether oxygens (including phenoxy) is 1. The van der Waals surface area contributed by atoms with E-state index in [1.807, 2.05) is 6.07 Å². The summed E-state index contributed by atoms with van der Waals surface area (Å²) in [6.07, 6.45) is 6.11. The third-order valence-electron chi connectivity index (χ3n) is 3.31. The summed E-state index contributed by atoms with van der Waals surface area (Å²) in [7, 11) is 0. The molecule has 1 aromatic rings. The van der Waals surface area contributed by atoms with Crippen LogP contribution in [-0.4, -0.2) is 19.2 Å². The van der Waals surface area contributed by atoms with Gasteiger partial charge in [-0.15, -0.1) is 0 Å². The molecule has 0 heterocycles. The van der Waals surface area contributed by atoms with Gasteiger partial charge in [-0.1, -0.05) is 38.8 Å². The Bertz CT molecular complexity index is 330. The van der Waals surface area contributed by atoms with Crippen molar-refractivity contribution >= 4 is 0 Å². The summed E-state index contributed by atoms with van der Waals surface area (Å²) in [6.45, 7) is 8.47. The van der Waals surface area contributed by atoms with E-state index in [1.165, 1.54) is 31.2 Å². The second kappa shape index (κ2) is 9.85. The van der Waals surface area contributed by atoms with Crippen LogP contribution in [0.1, 0.15) is 51.5 Å². The zero-order chi connectivity index (χ0) is 13.9. The molecule has 1 unspecified atom stereocenters. The Hall–Kier alpha value is -1.02. The maximum atomic E-state index is 5.84. The molecule has 19 heavy (non-hydrogen) atoms. The number of nitrogens with one attached hydrogen (secondary N) is 1. The second-order valence-electron chi connectivity index (χ2n) is 5.25. The minimum absolute atomic E-state index is 0.602. The van der Waals surface area contributed by atoms with Gasteiger partial charge >= 0.3 is 0 Å². The number of hydrogen-bond donors (Lipinski definition) is 1. The summed E-state index contributed by atoms with van der Waals surface area (Å²) in [5, 5.41) is 3.62. The van der Waals surface area contributed by atoms with E-state index in [9.17, 15) is 0 Å². The minimum atomic E-state index is 0.602. The van der Waals surface area contributed by atoms with Crippen LogP contribution in [0.15, 0.2) is 24.3 Å². The predicted molar refractivity (Wildman–Crippen MR) is 82.9 cm³/mol. The summed E-state index contributed by atoms with van der Waals surface area (Å²) in [5.74, 6) is 0.990. The fourth-order valence-corrected chi connectivity index (χ4v) is 2.17. The SMILES string of the molecule is CCCCC(CCOc1cccc(C)c1)NCCC. The quantitative estimate of drug-likeness (QED) is 0.678. The van der Waals surface area contributed by atoms with Crippen LogP contribution in [-0.2, 0) is 0 Å². The molecule has 0 saturated carbocycles. The third kappa shape index (κ3) is 7.22. The molecule has 108 valence electrons. The highest BCUT2D eigenvalue weighted by atomic mass is 16.5. The van der Waals surface area contributed by atoms with Gasteiger partial charge in [-0.05, 0) is 50.4 Å². The van der Waals surface area contributed by atoms with Gasteiger partial charge in [-0.2, -0.15) is 0 Å². The Kier molecular flexibility index (Phi) is 8.31. The normalized spacial score (nSPS) is 12.4. The average Bonchev–Trinajstić information content (AvgIpc) is 2.41. The lowest BCUT2D eigenvalue weighted by Gasteiger charge is -2.18. The second-order valence-corrected chi connectivity index (χ2v) is 5.25. The van der Waals surface area contributed by atoms with Gasteiger partial charge in [0.15, 0.2) is 0 Å². The van der Waals surface area contributed by atoms with E-state index in [-0.39, 0.29) is 0 Å². The predicted octanol–water partition coefficient (Wildman–Crippen LogP) is 4.32. The molecule has 0 aliphatic carbocycles. The van der Waals surface area contributed by atoms with Gasteiger partial charge in [-0.3, -0.25) is 0 Å². The zero-order valence-electron chi connectivity index (χ0n) is 12.7. The molecule has 0 spiro atoms. The Morgan fingerprint density at radius 1 is 1.16 bits per heavy atom. The number of benzene rings is 1. The van der Waals surface area contributed by atoms with Gasteiger partial charge in [0.25, 0.3) is 0 Å². The fourth-order valence-electron chi connectivity index (χ4n) is 2.17. The van der Waals surface area contributed by atoms with E-state index >= 15 is 0 Å². The van der Waals surface area contributed by atoms with E-state index in [0.29, 0.717) is 6.04 Å². The third-order valence-corrected chi connectivity index (χ3v) is 3.31. The van der Waals surface area contributed by atoms with Crippen molar-refractivity contribution in [2.45, 2.75) is 58.9 Å². The lowest BCUT2D eigenvalue weighted by Crippen LogP contribution is -2.31. The lowest BCUT2D eigenvalue weighted by atomic mass is 10.1. The molecule has 0 aliphatic heterocycles. The van der Waals surface area contributed by atoms with Crippen LogP contribution in [0, 0.1) is 6.92 Å². The molecule has 0 amide bonds. The summed E-state index contributed by atoms with van der Waals surface area (Å²) in [6, 6.07) is 8.88. The minimum Gasteiger partial charge on any atom is -0.494 e. The lowest BCUT2D eigenvalue weighted by molar-refractivity contribution is 0.279. The first-order chi connectivity index (χ1) is 9.26. The number of aryl methyl sites for hydroxylation is 1. The zero-order valence-corrected chi connectivity index (χ0v) is 12.7.